The lowest BCUT2D eigenvalue weighted by Crippen LogP contribution is -2.23. The largest absolute Gasteiger partial charge is 0.490 e. The van der Waals surface area contributed by atoms with E-state index in [1.165, 1.54) is 23.8 Å². The van der Waals surface area contributed by atoms with Crippen molar-refractivity contribution in [1.82, 2.24) is 4.90 Å². The average molecular weight is 616 g/mol. The van der Waals surface area contributed by atoms with Crippen LogP contribution in [-0.2, 0) is 16.1 Å². The first-order chi connectivity index (χ1) is 18.3. The number of esters is 1. The summed E-state index contributed by atoms with van der Waals surface area (Å²) in [6.07, 6.45) is 1.79. The highest BCUT2D eigenvalue weighted by atomic mass is 79.9. The second kappa shape index (κ2) is 12.5. The number of nitrogens with zero attached hydrogens (tertiary/aromatic N) is 2. The van der Waals surface area contributed by atoms with E-state index in [2.05, 4.69) is 20.9 Å². The first-order valence-corrected chi connectivity index (χ1v) is 13.6. The molecule has 0 unspecified atom stereocenters. The fourth-order valence-corrected chi connectivity index (χ4v) is 5.33. The van der Waals surface area contributed by atoms with Crippen molar-refractivity contribution in [2.45, 2.75) is 13.5 Å². The van der Waals surface area contributed by atoms with Gasteiger partial charge in [-0.1, -0.05) is 23.7 Å². The number of benzene rings is 3. The summed E-state index contributed by atoms with van der Waals surface area (Å²) in [5.74, 6) is 0.527. The van der Waals surface area contributed by atoms with Gasteiger partial charge >= 0.3 is 5.97 Å². The molecule has 1 amide bonds. The number of aliphatic imine (C=N–C) groups is 1. The molecule has 0 atom stereocenters. The number of hydrogen-bond acceptors (Lipinski definition) is 7. The molecule has 3 aromatic carbocycles. The van der Waals surface area contributed by atoms with Crippen LogP contribution in [0.15, 0.2) is 75.0 Å². The Morgan fingerprint density at radius 3 is 2.58 bits per heavy atom. The number of carbonyl (C=O) groups is 2. The van der Waals surface area contributed by atoms with Crippen molar-refractivity contribution < 1.29 is 23.8 Å². The van der Waals surface area contributed by atoms with E-state index >= 15 is 0 Å². The predicted molar refractivity (Wildman–Crippen MR) is 154 cm³/mol. The lowest BCUT2D eigenvalue weighted by atomic mass is 10.1. The Morgan fingerprint density at radius 2 is 1.89 bits per heavy atom. The van der Waals surface area contributed by atoms with Gasteiger partial charge < -0.3 is 14.2 Å². The molecule has 0 saturated carbocycles. The number of carbonyl (C=O) groups excluding carboxylic acids is 2. The second-order valence-electron chi connectivity index (χ2n) is 8.09. The maximum Gasteiger partial charge on any atom is 0.337 e. The van der Waals surface area contributed by atoms with Gasteiger partial charge in [0.05, 0.1) is 34.3 Å². The molecule has 3 aromatic rings. The Kier molecular flexibility index (Phi) is 9.14. The van der Waals surface area contributed by atoms with E-state index in [1.54, 1.807) is 37.4 Å². The number of ether oxygens (including phenoxy) is 3. The van der Waals surface area contributed by atoms with Crippen molar-refractivity contribution in [3.8, 4) is 11.5 Å². The quantitative estimate of drug-likeness (QED) is 0.199. The summed E-state index contributed by atoms with van der Waals surface area (Å²) < 4.78 is 17.3. The van der Waals surface area contributed by atoms with Gasteiger partial charge in [0.15, 0.2) is 16.7 Å². The first kappa shape index (κ1) is 27.8. The lowest BCUT2D eigenvalue weighted by Gasteiger charge is -2.15. The molecular weight excluding hydrogens is 592 g/mol. The zero-order valence-electron chi connectivity index (χ0n) is 20.9. The van der Waals surface area contributed by atoms with Crippen molar-refractivity contribution in [3.05, 3.63) is 91.8 Å². The van der Waals surface area contributed by atoms with Crippen LogP contribution in [0.25, 0.3) is 6.08 Å². The van der Waals surface area contributed by atoms with Crippen LogP contribution in [0.5, 0.6) is 11.5 Å². The zero-order chi connectivity index (χ0) is 27.2. The molecule has 1 aliphatic rings. The van der Waals surface area contributed by atoms with Crippen molar-refractivity contribution in [2.75, 3.05) is 20.8 Å². The van der Waals surface area contributed by atoms with E-state index in [9.17, 15) is 9.59 Å². The Hall–Kier alpha value is -3.27. The third kappa shape index (κ3) is 6.59. The Bertz CT molecular complexity index is 1430. The number of amidine groups is 1. The number of hydrogen-bond donors (Lipinski definition) is 0. The molecule has 0 aromatic heterocycles. The van der Waals surface area contributed by atoms with Crippen LogP contribution in [0.2, 0.25) is 5.02 Å². The van der Waals surface area contributed by atoms with Gasteiger partial charge in [-0.15, -0.1) is 0 Å². The Balaban J connectivity index is 1.56. The van der Waals surface area contributed by atoms with E-state index in [4.69, 9.17) is 25.8 Å². The molecule has 0 bridgehead atoms. The summed E-state index contributed by atoms with van der Waals surface area (Å²) in [6.45, 7) is 2.66. The third-order valence-corrected chi connectivity index (χ3v) is 7.30. The Morgan fingerprint density at radius 1 is 1.13 bits per heavy atom. The molecule has 0 spiro atoms. The molecule has 10 heteroatoms. The van der Waals surface area contributed by atoms with Gasteiger partial charge in [0, 0.05) is 12.1 Å². The normalized spacial score (nSPS) is 15.3. The minimum absolute atomic E-state index is 0.171. The average Bonchev–Trinajstić information content (AvgIpc) is 3.16. The Labute approximate surface area is 238 Å². The number of thioether (sulfide) groups is 1. The highest BCUT2D eigenvalue weighted by molar-refractivity contribution is 9.10. The molecule has 38 heavy (non-hydrogen) atoms. The van der Waals surface area contributed by atoms with E-state index in [-0.39, 0.29) is 5.91 Å². The number of methoxy groups -OCH3 is 1. The van der Waals surface area contributed by atoms with E-state index in [1.807, 2.05) is 43.3 Å². The fraction of sp³-hybridized carbons (Fsp3) is 0.179. The number of rotatable bonds is 8. The summed E-state index contributed by atoms with van der Waals surface area (Å²) in [5.41, 5.74) is 2.74. The van der Waals surface area contributed by atoms with Crippen molar-refractivity contribution in [2.24, 2.45) is 4.99 Å². The molecule has 1 fully saturated rings. The SMILES string of the molecule is CCOc1cc(C=C2SC(=Nc3ccc(C(=O)OC)cc3)N(C)C2=O)cc(Br)c1OCc1cccc(Cl)c1. The fourth-order valence-electron chi connectivity index (χ4n) is 3.56. The van der Waals surface area contributed by atoms with Crippen LogP contribution in [0.4, 0.5) is 5.69 Å². The molecule has 1 saturated heterocycles. The second-order valence-corrected chi connectivity index (χ2v) is 10.4. The number of halogens is 2. The molecule has 1 aliphatic heterocycles. The van der Waals surface area contributed by atoms with Crippen LogP contribution in [0, 0.1) is 0 Å². The molecular formula is C28H24BrClN2O5S. The van der Waals surface area contributed by atoms with Gasteiger partial charge in [-0.3, -0.25) is 9.69 Å². The van der Waals surface area contributed by atoms with Crippen molar-refractivity contribution in [1.29, 1.82) is 0 Å². The zero-order valence-corrected chi connectivity index (χ0v) is 24.0. The molecule has 7 nitrogen and oxygen atoms in total. The van der Waals surface area contributed by atoms with Gasteiger partial charge in [-0.25, -0.2) is 9.79 Å². The summed E-state index contributed by atoms with van der Waals surface area (Å²) >= 11 is 10.9. The maximum absolute atomic E-state index is 13.0. The lowest BCUT2D eigenvalue weighted by molar-refractivity contribution is -0.121. The topological polar surface area (TPSA) is 77.4 Å². The van der Waals surface area contributed by atoms with Gasteiger partial charge in [0.1, 0.15) is 6.61 Å². The van der Waals surface area contributed by atoms with Crippen LogP contribution in [0.3, 0.4) is 0 Å². The molecule has 0 radical (unpaired) electrons. The van der Waals surface area contributed by atoms with Gasteiger partial charge in [-0.2, -0.15) is 0 Å². The molecule has 0 aliphatic carbocycles. The highest BCUT2D eigenvalue weighted by Gasteiger charge is 2.30. The van der Waals surface area contributed by atoms with Gasteiger partial charge in [0.2, 0.25) is 0 Å². The van der Waals surface area contributed by atoms with Crippen LogP contribution in [0.1, 0.15) is 28.4 Å². The minimum Gasteiger partial charge on any atom is -0.490 e. The highest BCUT2D eigenvalue weighted by Crippen LogP contribution is 2.40. The summed E-state index contributed by atoms with van der Waals surface area (Å²) in [7, 11) is 3.00. The van der Waals surface area contributed by atoms with Crippen molar-refractivity contribution >= 4 is 68.1 Å². The van der Waals surface area contributed by atoms with Crippen LogP contribution < -0.4 is 9.47 Å². The summed E-state index contributed by atoms with van der Waals surface area (Å²) in [6, 6.07) is 17.8. The number of amides is 1. The molecule has 0 N–H and O–H groups in total. The third-order valence-electron chi connectivity index (χ3n) is 5.42. The molecule has 196 valence electrons. The summed E-state index contributed by atoms with van der Waals surface area (Å²) in [5, 5.41) is 1.17. The standard InChI is InChI=1S/C28H24BrClN2O5S/c1-4-36-23-14-18(13-22(29)25(23)37-16-17-6-5-7-20(30)12-17)15-24-26(33)32(2)28(38-24)31-21-10-8-19(9-11-21)27(34)35-3/h5-15H,4,16H2,1-3H3. The minimum atomic E-state index is -0.421. The monoisotopic (exact) mass is 614 g/mol. The van der Waals surface area contributed by atoms with E-state index < -0.39 is 5.97 Å². The predicted octanol–water partition coefficient (Wildman–Crippen LogP) is 7.10. The van der Waals surface area contributed by atoms with Crippen LogP contribution >= 0.6 is 39.3 Å². The van der Waals surface area contributed by atoms with Crippen molar-refractivity contribution in [3.63, 3.8) is 0 Å². The van der Waals surface area contributed by atoms with E-state index in [0.29, 0.717) is 55.5 Å². The molecule has 4 rings (SSSR count). The van der Waals surface area contributed by atoms with E-state index in [0.717, 1.165) is 11.1 Å². The summed E-state index contributed by atoms with van der Waals surface area (Å²) in [4.78, 5) is 31.2. The van der Waals surface area contributed by atoms with Gasteiger partial charge in [-0.05, 0) is 100 Å². The molecule has 1 heterocycles. The smallest absolute Gasteiger partial charge is 0.337 e. The van der Waals surface area contributed by atoms with Gasteiger partial charge in [0.25, 0.3) is 5.91 Å². The maximum atomic E-state index is 13.0. The number of likely N-dealkylation sites (N-methyl/N-ethyl adjacent to an activating group) is 1. The first-order valence-electron chi connectivity index (χ1n) is 11.6. The van der Waals surface area contributed by atoms with Crippen LogP contribution in [-0.4, -0.2) is 42.7 Å².